The summed E-state index contributed by atoms with van der Waals surface area (Å²) < 4.78 is 0.784. The minimum Gasteiger partial charge on any atom is -0.384 e. The van der Waals surface area contributed by atoms with Crippen molar-refractivity contribution in [3.8, 4) is 0 Å². The minimum absolute atomic E-state index is 0.490. The molecular weight excluding hydrogens is 335 g/mol. The van der Waals surface area contributed by atoms with Crippen LogP contribution in [0.5, 0.6) is 0 Å². The largest absolute Gasteiger partial charge is 0.384 e. The summed E-state index contributed by atoms with van der Waals surface area (Å²) in [5, 5.41) is 5.36. The van der Waals surface area contributed by atoms with Gasteiger partial charge in [-0.2, -0.15) is 0 Å². The summed E-state index contributed by atoms with van der Waals surface area (Å²) in [6.07, 6.45) is 1.06. The van der Waals surface area contributed by atoms with Crippen molar-refractivity contribution in [3.63, 3.8) is 0 Å². The molecule has 1 aromatic carbocycles. The molecular formula is C13H13BrCl2N2. The number of aromatic nitrogens is 1. The number of anilines is 1. The van der Waals surface area contributed by atoms with Crippen molar-refractivity contribution in [1.29, 1.82) is 0 Å². The highest BCUT2D eigenvalue weighted by Crippen LogP contribution is 2.38. The molecule has 0 aliphatic heterocycles. The lowest BCUT2D eigenvalue weighted by Crippen LogP contribution is -2.02. The van der Waals surface area contributed by atoms with E-state index in [4.69, 9.17) is 23.2 Å². The first-order chi connectivity index (χ1) is 8.54. The zero-order chi connectivity index (χ0) is 13.3. The number of nitrogens with zero attached hydrogens (tertiary/aromatic N) is 1. The van der Waals surface area contributed by atoms with Crippen molar-refractivity contribution in [1.82, 2.24) is 4.98 Å². The molecule has 0 amide bonds. The van der Waals surface area contributed by atoms with Crippen LogP contribution in [0.25, 0.3) is 10.9 Å². The number of hydrogen-bond donors (Lipinski definition) is 1. The normalized spacial score (nSPS) is 10.9. The Morgan fingerprint density at radius 3 is 2.67 bits per heavy atom. The molecule has 96 valence electrons. The van der Waals surface area contributed by atoms with Crippen molar-refractivity contribution >= 4 is 55.7 Å². The van der Waals surface area contributed by atoms with Crippen LogP contribution < -0.4 is 5.32 Å². The molecule has 0 saturated heterocycles. The maximum atomic E-state index is 6.26. The molecule has 5 heteroatoms. The lowest BCUT2D eigenvalue weighted by Gasteiger charge is -2.12. The summed E-state index contributed by atoms with van der Waals surface area (Å²) in [7, 11) is 0. The van der Waals surface area contributed by atoms with E-state index in [1.807, 2.05) is 19.1 Å². The molecule has 0 aliphatic rings. The number of hydrogen-bond acceptors (Lipinski definition) is 2. The van der Waals surface area contributed by atoms with Crippen LogP contribution >= 0.6 is 39.1 Å². The van der Waals surface area contributed by atoms with Crippen molar-refractivity contribution in [2.75, 3.05) is 11.9 Å². The standard InChI is InChI=1S/C13H13BrCl2N2/c1-3-4-17-10-5-7(2)18-13-8(10)6-9(14)11(15)12(13)16/h5-6H,3-4H2,1-2H3,(H,17,18). The Balaban J connectivity index is 2.71. The zero-order valence-corrected chi connectivity index (χ0v) is 13.2. The Labute approximate surface area is 125 Å². The number of aryl methyl sites for hydroxylation is 1. The fraction of sp³-hybridized carbons (Fsp3) is 0.308. The molecule has 1 N–H and O–H groups in total. The smallest absolute Gasteiger partial charge is 0.0928 e. The monoisotopic (exact) mass is 346 g/mol. The van der Waals surface area contributed by atoms with Crippen molar-refractivity contribution in [2.45, 2.75) is 20.3 Å². The number of pyridine rings is 1. The molecule has 2 aromatic rings. The van der Waals surface area contributed by atoms with E-state index in [1.54, 1.807) is 0 Å². The van der Waals surface area contributed by atoms with Gasteiger partial charge in [-0.05, 0) is 41.4 Å². The van der Waals surface area contributed by atoms with E-state index in [0.717, 1.165) is 39.7 Å². The highest BCUT2D eigenvalue weighted by atomic mass is 79.9. The van der Waals surface area contributed by atoms with Gasteiger partial charge in [0.2, 0.25) is 0 Å². The molecule has 0 atom stereocenters. The fourth-order valence-electron chi connectivity index (χ4n) is 1.80. The molecule has 18 heavy (non-hydrogen) atoms. The molecule has 2 nitrogen and oxygen atoms in total. The van der Waals surface area contributed by atoms with Crippen molar-refractivity contribution < 1.29 is 0 Å². The van der Waals surface area contributed by atoms with Gasteiger partial charge in [-0.15, -0.1) is 0 Å². The first-order valence-electron chi connectivity index (χ1n) is 5.73. The molecule has 0 fully saturated rings. The molecule has 0 unspecified atom stereocenters. The molecule has 2 rings (SSSR count). The van der Waals surface area contributed by atoms with Crippen LogP contribution in [0.4, 0.5) is 5.69 Å². The highest BCUT2D eigenvalue weighted by Gasteiger charge is 2.13. The Hall–Kier alpha value is -0.510. The number of halogens is 3. The first-order valence-corrected chi connectivity index (χ1v) is 7.28. The summed E-state index contributed by atoms with van der Waals surface area (Å²) >= 11 is 15.8. The predicted octanol–water partition coefficient (Wildman–Crippen LogP) is 5.43. The quantitative estimate of drug-likeness (QED) is 0.748. The Morgan fingerprint density at radius 2 is 2.00 bits per heavy atom. The lowest BCUT2D eigenvalue weighted by atomic mass is 10.1. The van der Waals surface area contributed by atoms with Gasteiger partial charge in [0.15, 0.2) is 0 Å². The Morgan fingerprint density at radius 1 is 1.28 bits per heavy atom. The third kappa shape index (κ3) is 2.58. The third-order valence-corrected chi connectivity index (χ3v) is 4.34. The van der Waals surface area contributed by atoms with Crippen LogP contribution in [0.1, 0.15) is 19.0 Å². The van der Waals surface area contributed by atoms with Gasteiger partial charge in [-0.3, -0.25) is 4.98 Å². The summed E-state index contributed by atoms with van der Waals surface area (Å²) in [6.45, 7) is 4.99. The maximum absolute atomic E-state index is 6.26. The summed E-state index contributed by atoms with van der Waals surface area (Å²) in [5.41, 5.74) is 2.70. The third-order valence-electron chi connectivity index (χ3n) is 2.63. The summed E-state index contributed by atoms with van der Waals surface area (Å²) in [5.74, 6) is 0. The van der Waals surface area contributed by atoms with E-state index < -0.39 is 0 Å². The molecule has 0 saturated carbocycles. The van der Waals surface area contributed by atoms with Crippen molar-refractivity contribution in [2.24, 2.45) is 0 Å². The van der Waals surface area contributed by atoms with E-state index in [1.165, 1.54) is 0 Å². The minimum atomic E-state index is 0.490. The molecule has 0 bridgehead atoms. The maximum Gasteiger partial charge on any atom is 0.0928 e. The van der Waals surface area contributed by atoms with Crippen LogP contribution in [0.3, 0.4) is 0 Å². The fourth-order valence-corrected chi connectivity index (χ4v) is 2.73. The van der Waals surface area contributed by atoms with Gasteiger partial charge in [-0.1, -0.05) is 30.1 Å². The van der Waals surface area contributed by atoms with Crippen molar-refractivity contribution in [3.05, 3.63) is 32.3 Å². The molecule has 1 aromatic heterocycles. The average molecular weight is 348 g/mol. The van der Waals surface area contributed by atoms with Gasteiger partial charge < -0.3 is 5.32 Å². The number of nitrogens with one attached hydrogen (secondary N) is 1. The van der Waals surface area contributed by atoms with Gasteiger partial charge in [0.1, 0.15) is 0 Å². The topological polar surface area (TPSA) is 24.9 Å². The predicted molar refractivity (Wildman–Crippen MR) is 83.0 cm³/mol. The van der Waals surface area contributed by atoms with E-state index in [9.17, 15) is 0 Å². The van der Waals surface area contributed by atoms with Crippen LogP contribution in [-0.2, 0) is 0 Å². The van der Waals surface area contributed by atoms with Crippen LogP contribution in [0.15, 0.2) is 16.6 Å². The SMILES string of the molecule is CCCNc1cc(C)nc2c(Cl)c(Cl)c(Br)cc12. The van der Waals surface area contributed by atoms with E-state index in [-0.39, 0.29) is 0 Å². The van der Waals surface area contributed by atoms with Gasteiger partial charge >= 0.3 is 0 Å². The average Bonchev–Trinajstić information content (AvgIpc) is 2.34. The van der Waals surface area contributed by atoms with E-state index in [2.05, 4.69) is 33.2 Å². The number of rotatable bonds is 3. The lowest BCUT2D eigenvalue weighted by molar-refractivity contribution is 0.980. The Bertz CT molecular complexity index is 599. The van der Waals surface area contributed by atoms with Gasteiger partial charge in [0.25, 0.3) is 0 Å². The van der Waals surface area contributed by atoms with Gasteiger partial charge in [0.05, 0.1) is 15.6 Å². The van der Waals surface area contributed by atoms with Crippen LogP contribution in [-0.4, -0.2) is 11.5 Å². The van der Waals surface area contributed by atoms with E-state index >= 15 is 0 Å². The Kier molecular flexibility index (Phi) is 4.36. The number of benzene rings is 1. The summed E-state index contributed by atoms with van der Waals surface area (Å²) in [4.78, 5) is 4.47. The molecule has 1 heterocycles. The second-order valence-corrected chi connectivity index (χ2v) is 5.73. The highest BCUT2D eigenvalue weighted by molar-refractivity contribution is 9.10. The zero-order valence-electron chi connectivity index (χ0n) is 10.2. The summed E-state index contributed by atoms with van der Waals surface area (Å²) in [6, 6.07) is 3.97. The second kappa shape index (κ2) is 5.64. The first kappa shape index (κ1) is 13.9. The van der Waals surface area contributed by atoms with Gasteiger partial charge in [-0.25, -0.2) is 0 Å². The molecule has 0 radical (unpaired) electrons. The van der Waals surface area contributed by atoms with Crippen LogP contribution in [0.2, 0.25) is 10.0 Å². The van der Waals surface area contributed by atoms with E-state index in [0.29, 0.717) is 10.0 Å². The van der Waals surface area contributed by atoms with Crippen LogP contribution in [0, 0.1) is 6.92 Å². The second-order valence-electron chi connectivity index (χ2n) is 4.12. The van der Waals surface area contributed by atoms with Gasteiger partial charge in [0, 0.05) is 27.8 Å². The number of fused-ring (bicyclic) bond motifs is 1. The molecule has 0 aliphatic carbocycles. The molecule has 0 spiro atoms.